The van der Waals surface area contributed by atoms with E-state index in [4.69, 9.17) is 9.47 Å². The second-order valence-electron chi connectivity index (χ2n) is 8.10. The van der Waals surface area contributed by atoms with Crippen LogP contribution in [0.15, 0.2) is 48.5 Å². The van der Waals surface area contributed by atoms with Gasteiger partial charge in [-0.05, 0) is 55.3 Å². The fourth-order valence-electron chi connectivity index (χ4n) is 3.46. The van der Waals surface area contributed by atoms with Gasteiger partial charge < -0.3 is 25.0 Å². The van der Waals surface area contributed by atoms with E-state index in [1.54, 1.807) is 38.1 Å². The third kappa shape index (κ3) is 9.92. The molecule has 2 rings (SSSR count). The highest BCUT2D eigenvalue weighted by atomic mass is 32.2. The number of nitrogens with zero attached hydrogens (tertiary/aromatic N) is 1. The highest BCUT2D eigenvalue weighted by molar-refractivity contribution is 7.86. The quantitative estimate of drug-likeness (QED) is 0.345. The molecule has 0 aliphatic heterocycles. The Bertz CT molecular complexity index is 1130. The molecule has 10 nitrogen and oxygen atoms in total. The van der Waals surface area contributed by atoms with Crippen LogP contribution in [0.1, 0.15) is 25.8 Å². The lowest BCUT2D eigenvalue weighted by Crippen LogP contribution is -2.52. The lowest BCUT2D eigenvalue weighted by molar-refractivity contribution is -0.151. The number of carbonyl (C=O) groups is 4. The van der Waals surface area contributed by atoms with Crippen molar-refractivity contribution in [3.8, 4) is 5.75 Å². The second kappa shape index (κ2) is 15.5. The van der Waals surface area contributed by atoms with Crippen molar-refractivity contribution in [2.45, 2.75) is 32.9 Å². The third-order valence-electron chi connectivity index (χ3n) is 5.32. The van der Waals surface area contributed by atoms with Crippen LogP contribution in [0.25, 0.3) is 0 Å². The molecule has 38 heavy (non-hydrogen) atoms. The minimum Gasteiger partial charge on any atom is -0.497 e. The highest BCUT2D eigenvalue weighted by Gasteiger charge is 2.31. The van der Waals surface area contributed by atoms with Gasteiger partial charge in [0, 0.05) is 23.0 Å². The lowest BCUT2D eigenvalue weighted by atomic mass is 10.1. The van der Waals surface area contributed by atoms with Crippen LogP contribution in [-0.2, 0) is 41.3 Å². The number of methoxy groups -OCH3 is 1. The van der Waals surface area contributed by atoms with E-state index in [-0.39, 0.29) is 19.6 Å². The van der Waals surface area contributed by atoms with Gasteiger partial charge in [-0.2, -0.15) is 0 Å². The SMILES string of the molecule is CCOC(=O)CN(C(=O)CS(=O)CC(=O)Nc1ccc(OC)cc1)C(CC)C(=O)NCc1ccc(F)cc1. The molecule has 0 spiro atoms. The smallest absolute Gasteiger partial charge is 0.325 e. The normalized spacial score (nSPS) is 12.1. The summed E-state index contributed by atoms with van der Waals surface area (Å²) in [5.41, 5.74) is 1.11. The third-order valence-corrected chi connectivity index (χ3v) is 6.47. The van der Waals surface area contributed by atoms with Crippen molar-refractivity contribution in [1.82, 2.24) is 10.2 Å². The maximum atomic E-state index is 13.1. The summed E-state index contributed by atoms with van der Waals surface area (Å²) in [7, 11) is -0.403. The summed E-state index contributed by atoms with van der Waals surface area (Å²) in [6, 6.07) is 11.0. The second-order valence-corrected chi connectivity index (χ2v) is 9.56. The van der Waals surface area contributed by atoms with Gasteiger partial charge in [-0.3, -0.25) is 23.4 Å². The predicted molar refractivity (Wildman–Crippen MR) is 140 cm³/mol. The molecule has 2 aromatic rings. The van der Waals surface area contributed by atoms with Crippen LogP contribution in [0.4, 0.5) is 10.1 Å². The summed E-state index contributed by atoms with van der Waals surface area (Å²) in [6.45, 7) is 2.89. The maximum absolute atomic E-state index is 13.1. The molecule has 0 bridgehead atoms. The lowest BCUT2D eigenvalue weighted by Gasteiger charge is -2.29. The Labute approximate surface area is 223 Å². The predicted octanol–water partition coefficient (Wildman–Crippen LogP) is 2.01. The molecular weight excluding hydrogens is 517 g/mol. The van der Waals surface area contributed by atoms with Gasteiger partial charge in [0.2, 0.25) is 17.7 Å². The van der Waals surface area contributed by atoms with Gasteiger partial charge in [-0.1, -0.05) is 19.1 Å². The average molecular weight is 550 g/mol. The largest absolute Gasteiger partial charge is 0.497 e. The number of carbonyl (C=O) groups excluding carboxylic acids is 4. The Morgan fingerprint density at radius 3 is 2.24 bits per heavy atom. The first-order valence-corrected chi connectivity index (χ1v) is 13.4. The van der Waals surface area contributed by atoms with Crippen LogP contribution < -0.4 is 15.4 Å². The Kier molecular flexibility index (Phi) is 12.4. The maximum Gasteiger partial charge on any atom is 0.325 e. The molecule has 2 aromatic carbocycles. The minimum atomic E-state index is -1.91. The van der Waals surface area contributed by atoms with Crippen molar-refractivity contribution in [1.29, 1.82) is 0 Å². The number of anilines is 1. The van der Waals surface area contributed by atoms with Crippen molar-refractivity contribution < 1.29 is 37.3 Å². The van der Waals surface area contributed by atoms with Crippen LogP contribution in [0, 0.1) is 5.82 Å². The van der Waals surface area contributed by atoms with E-state index in [2.05, 4.69) is 10.6 Å². The summed E-state index contributed by atoms with van der Waals surface area (Å²) in [5.74, 6) is -3.42. The summed E-state index contributed by atoms with van der Waals surface area (Å²) in [5, 5.41) is 5.26. The first kappa shape index (κ1) is 30.4. The Hall–Kier alpha value is -3.80. The number of hydrogen-bond donors (Lipinski definition) is 2. The van der Waals surface area contributed by atoms with Crippen LogP contribution in [-0.4, -0.2) is 70.6 Å². The summed E-state index contributed by atoms with van der Waals surface area (Å²) in [6.07, 6.45) is 0.158. The fourth-order valence-corrected chi connectivity index (χ4v) is 4.37. The first-order chi connectivity index (χ1) is 18.2. The molecule has 0 fully saturated rings. The van der Waals surface area contributed by atoms with Crippen molar-refractivity contribution in [2.75, 3.05) is 37.1 Å². The van der Waals surface area contributed by atoms with E-state index >= 15 is 0 Å². The van der Waals surface area contributed by atoms with Crippen molar-refractivity contribution >= 4 is 40.2 Å². The topological polar surface area (TPSA) is 131 Å². The number of benzene rings is 2. The summed E-state index contributed by atoms with van der Waals surface area (Å²) in [4.78, 5) is 51.5. The molecule has 0 radical (unpaired) electrons. The number of ether oxygens (including phenoxy) is 2. The summed E-state index contributed by atoms with van der Waals surface area (Å²) >= 11 is 0. The molecule has 2 N–H and O–H groups in total. The molecule has 0 aromatic heterocycles. The molecule has 0 aliphatic carbocycles. The van der Waals surface area contributed by atoms with E-state index in [0.29, 0.717) is 17.0 Å². The number of amides is 3. The average Bonchev–Trinajstić information content (AvgIpc) is 2.88. The molecule has 0 heterocycles. The van der Waals surface area contributed by atoms with E-state index in [1.807, 2.05) is 0 Å². The van der Waals surface area contributed by atoms with Crippen molar-refractivity contribution in [3.63, 3.8) is 0 Å². The van der Waals surface area contributed by atoms with E-state index in [0.717, 1.165) is 4.90 Å². The molecule has 0 aliphatic rings. The molecule has 12 heteroatoms. The highest BCUT2D eigenvalue weighted by Crippen LogP contribution is 2.15. The van der Waals surface area contributed by atoms with Gasteiger partial charge in [-0.15, -0.1) is 0 Å². The Morgan fingerprint density at radius 2 is 1.66 bits per heavy atom. The van der Waals surface area contributed by atoms with Gasteiger partial charge in [0.05, 0.1) is 13.7 Å². The van der Waals surface area contributed by atoms with Crippen LogP contribution >= 0.6 is 0 Å². The van der Waals surface area contributed by atoms with E-state index < -0.39 is 64.4 Å². The van der Waals surface area contributed by atoms with Gasteiger partial charge in [0.15, 0.2) is 0 Å². The Morgan fingerprint density at radius 1 is 1.00 bits per heavy atom. The zero-order valence-electron chi connectivity index (χ0n) is 21.5. The van der Waals surface area contributed by atoms with Gasteiger partial charge in [-0.25, -0.2) is 4.39 Å². The summed E-state index contributed by atoms with van der Waals surface area (Å²) < 4.78 is 35.8. The zero-order chi connectivity index (χ0) is 28.1. The van der Waals surface area contributed by atoms with Gasteiger partial charge in [0.25, 0.3) is 0 Å². The number of rotatable bonds is 14. The fraction of sp³-hybridized carbons (Fsp3) is 0.385. The standard InChI is InChI=1S/C26H32FN3O7S/c1-4-22(26(34)28-14-18-6-8-19(27)9-7-18)30(15-25(33)37-5-2)24(32)17-38(35)16-23(31)29-20-10-12-21(36-3)13-11-20/h6-13,22H,4-5,14-17H2,1-3H3,(H,28,34)(H,29,31). The minimum absolute atomic E-state index is 0.0753. The van der Waals surface area contributed by atoms with Crippen molar-refractivity contribution in [3.05, 3.63) is 59.9 Å². The molecular formula is C26H32FN3O7S. The van der Waals surface area contributed by atoms with Crippen molar-refractivity contribution in [2.24, 2.45) is 0 Å². The van der Waals surface area contributed by atoms with Crippen LogP contribution in [0.5, 0.6) is 5.75 Å². The van der Waals surface area contributed by atoms with Crippen LogP contribution in [0.2, 0.25) is 0 Å². The zero-order valence-corrected chi connectivity index (χ0v) is 22.3. The number of halogens is 1. The van der Waals surface area contributed by atoms with Crippen LogP contribution in [0.3, 0.4) is 0 Å². The van der Waals surface area contributed by atoms with Gasteiger partial charge in [0.1, 0.15) is 35.7 Å². The number of esters is 1. The molecule has 2 atom stereocenters. The molecule has 206 valence electrons. The first-order valence-electron chi connectivity index (χ1n) is 11.9. The number of nitrogens with one attached hydrogen (secondary N) is 2. The molecule has 0 saturated carbocycles. The Balaban J connectivity index is 2.04. The van der Waals surface area contributed by atoms with E-state index in [1.165, 1.54) is 31.4 Å². The molecule has 0 saturated heterocycles. The van der Waals surface area contributed by atoms with Gasteiger partial charge >= 0.3 is 5.97 Å². The molecule has 2 unspecified atom stereocenters. The number of hydrogen-bond acceptors (Lipinski definition) is 7. The molecule has 3 amide bonds. The monoisotopic (exact) mass is 549 g/mol. The van der Waals surface area contributed by atoms with E-state index in [9.17, 15) is 27.8 Å².